The van der Waals surface area contributed by atoms with Crippen molar-refractivity contribution in [3.8, 4) is 0 Å². The lowest BCUT2D eigenvalue weighted by atomic mass is 10.2. The van der Waals surface area contributed by atoms with E-state index in [0.29, 0.717) is 13.1 Å². The van der Waals surface area contributed by atoms with Crippen molar-refractivity contribution < 1.29 is 9.53 Å². The summed E-state index contributed by atoms with van der Waals surface area (Å²) in [5.74, 6) is 0. The van der Waals surface area contributed by atoms with Crippen molar-refractivity contribution in [1.82, 2.24) is 15.5 Å². The lowest BCUT2D eigenvalue weighted by Gasteiger charge is -2.23. The van der Waals surface area contributed by atoms with Crippen molar-refractivity contribution in [3.63, 3.8) is 0 Å². The smallest absolute Gasteiger partial charge is 0.314 e. The summed E-state index contributed by atoms with van der Waals surface area (Å²) < 4.78 is 5.48. The minimum atomic E-state index is -0.121. The van der Waals surface area contributed by atoms with Crippen LogP contribution in [0.5, 0.6) is 0 Å². The van der Waals surface area contributed by atoms with Gasteiger partial charge in [-0.2, -0.15) is 0 Å². The fourth-order valence-corrected chi connectivity index (χ4v) is 3.20. The van der Waals surface area contributed by atoms with Gasteiger partial charge < -0.3 is 20.3 Å². The Balaban J connectivity index is 1.73. The Labute approximate surface area is 124 Å². The zero-order chi connectivity index (χ0) is 14.4. The van der Waals surface area contributed by atoms with Crippen LogP contribution in [0.25, 0.3) is 0 Å². The Morgan fingerprint density at radius 1 is 1.55 bits per heavy atom. The molecule has 2 rings (SSSR count). The number of carbonyl (C=O) groups excluding carboxylic acids is 1. The van der Waals surface area contributed by atoms with E-state index in [1.54, 1.807) is 11.3 Å². The molecule has 0 unspecified atom stereocenters. The highest BCUT2D eigenvalue weighted by molar-refractivity contribution is 7.10. The molecule has 0 radical (unpaired) electrons. The van der Waals surface area contributed by atoms with Crippen LogP contribution in [0.1, 0.15) is 23.8 Å². The van der Waals surface area contributed by atoms with Crippen molar-refractivity contribution >= 4 is 17.4 Å². The Kier molecular flexibility index (Phi) is 5.82. The first-order valence-electron chi connectivity index (χ1n) is 7.00. The molecule has 112 valence electrons. The monoisotopic (exact) mass is 297 g/mol. The largest absolute Gasteiger partial charge is 0.376 e. The van der Waals surface area contributed by atoms with Crippen LogP contribution in [0.3, 0.4) is 0 Å². The maximum Gasteiger partial charge on any atom is 0.314 e. The number of ether oxygens (including phenoxy) is 1. The van der Waals surface area contributed by atoms with E-state index < -0.39 is 0 Å². The molecule has 2 heterocycles. The third-order valence-corrected chi connectivity index (χ3v) is 4.44. The van der Waals surface area contributed by atoms with Crippen LogP contribution in [0.15, 0.2) is 17.5 Å². The lowest BCUT2D eigenvalue weighted by Crippen LogP contribution is -2.42. The number of rotatable bonds is 6. The van der Waals surface area contributed by atoms with E-state index >= 15 is 0 Å². The molecule has 1 saturated heterocycles. The van der Waals surface area contributed by atoms with Crippen molar-refractivity contribution in [2.75, 3.05) is 33.8 Å². The minimum Gasteiger partial charge on any atom is -0.376 e. The molecule has 5 nitrogen and oxygen atoms in total. The van der Waals surface area contributed by atoms with Gasteiger partial charge in [-0.1, -0.05) is 6.07 Å². The normalized spacial score (nSPS) is 20.1. The molecule has 2 amide bonds. The van der Waals surface area contributed by atoms with Crippen molar-refractivity contribution in [3.05, 3.63) is 22.4 Å². The van der Waals surface area contributed by atoms with E-state index in [2.05, 4.69) is 27.0 Å². The third-order valence-electron chi connectivity index (χ3n) is 3.47. The van der Waals surface area contributed by atoms with Gasteiger partial charge in [0.05, 0.1) is 12.1 Å². The predicted molar refractivity (Wildman–Crippen MR) is 81.1 cm³/mol. The molecule has 0 bridgehead atoms. The van der Waals surface area contributed by atoms with Crippen molar-refractivity contribution in [2.24, 2.45) is 0 Å². The van der Waals surface area contributed by atoms with Crippen LogP contribution in [0.4, 0.5) is 4.79 Å². The van der Waals surface area contributed by atoms with E-state index in [-0.39, 0.29) is 18.2 Å². The Bertz CT molecular complexity index is 403. The molecule has 0 aliphatic carbocycles. The van der Waals surface area contributed by atoms with Gasteiger partial charge in [-0.3, -0.25) is 0 Å². The summed E-state index contributed by atoms with van der Waals surface area (Å²) in [6.07, 6.45) is 2.31. The molecular formula is C14H23N3O2S. The molecule has 0 spiro atoms. The predicted octanol–water partition coefficient (Wildman–Crippen LogP) is 1.83. The number of hydrogen-bond donors (Lipinski definition) is 2. The van der Waals surface area contributed by atoms with Gasteiger partial charge in [0.2, 0.25) is 0 Å². The van der Waals surface area contributed by atoms with Gasteiger partial charge >= 0.3 is 6.03 Å². The van der Waals surface area contributed by atoms with E-state index in [4.69, 9.17) is 4.74 Å². The van der Waals surface area contributed by atoms with E-state index in [1.165, 1.54) is 4.88 Å². The standard InChI is InChI=1S/C14H23N3O2S/c1-17(2)12(13-6-4-8-20-13)10-16-14(18)15-9-11-5-3-7-19-11/h4,6,8,11-12H,3,5,7,9-10H2,1-2H3,(H2,15,16,18)/t11-,12-/m1/s1. The zero-order valence-electron chi connectivity index (χ0n) is 12.1. The average molecular weight is 297 g/mol. The number of urea groups is 1. The van der Waals surface area contributed by atoms with E-state index in [0.717, 1.165) is 19.4 Å². The highest BCUT2D eigenvalue weighted by atomic mass is 32.1. The maximum atomic E-state index is 11.8. The van der Waals surface area contributed by atoms with Crippen LogP contribution in [0.2, 0.25) is 0 Å². The van der Waals surface area contributed by atoms with Crippen LogP contribution < -0.4 is 10.6 Å². The van der Waals surface area contributed by atoms with Gasteiger partial charge in [-0.25, -0.2) is 4.79 Å². The van der Waals surface area contributed by atoms with E-state index in [9.17, 15) is 4.79 Å². The number of carbonyl (C=O) groups is 1. The number of nitrogens with one attached hydrogen (secondary N) is 2. The molecule has 1 aliphatic rings. The third kappa shape index (κ3) is 4.47. The minimum absolute atomic E-state index is 0.121. The summed E-state index contributed by atoms with van der Waals surface area (Å²) in [5, 5.41) is 7.87. The molecule has 0 saturated carbocycles. The number of amides is 2. The number of likely N-dealkylation sites (N-methyl/N-ethyl adjacent to an activating group) is 1. The van der Waals surface area contributed by atoms with Gasteiger partial charge in [0.15, 0.2) is 0 Å². The van der Waals surface area contributed by atoms with Crippen LogP contribution in [0, 0.1) is 0 Å². The summed E-state index contributed by atoms with van der Waals surface area (Å²) in [4.78, 5) is 15.2. The SMILES string of the molecule is CN(C)[C@H](CNC(=O)NC[C@H]1CCCO1)c1cccs1. The fraction of sp³-hybridized carbons (Fsp3) is 0.643. The second-order valence-electron chi connectivity index (χ2n) is 5.22. The van der Waals surface area contributed by atoms with Crippen LogP contribution >= 0.6 is 11.3 Å². The first-order chi connectivity index (χ1) is 9.66. The average Bonchev–Trinajstić information content (AvgIpc) is 3.09. The summed E-state index contributed by atoms with van der Waals surface area (Å²) in [6, 6.07) is 4.22. The van der Waals surface area contributed by atoms with Crippen molar-refractivity contribution in [1.29, 1.82) is 0 Å². The molecular weight excluding hydrogens is 274 g/mol. The van der Waals surface area contributed by atoms with Crippen molar-refractivity contribution in [2.45, 2.75) is 25.0 Å². The molecule has 20 heavy (non-hydrogen) atoms. The summed E-state index contributed by atoms with van der Waals surface area (Å²) in [5.41, 5.74) is 0. The summed E-state index contributed by atoms with van der Waals surface area (Å²) >= 11 is 1.71. The molecule has 1 aliphatic heterocycles. The van der Waals surface area contributed by atoms with Crippen LogP contribution in [-0.2, 0) is 4.74 Å². The number of thiophene rings is 1. The first-order valence-corrected chi connectivity index (χ1v) is 7.88. The highest BCUT2D eigenvalue weighted by Crippen LogP contribution is 2.22. The Hall–Kier alpha value is -1.11. The zero-order valence-corrected chi connectivity index (χ0v) is 12.9. The second kappa shape index (κ2) is 7.61. The molecule has 2 N–H and O–H groups in total. The van der Waals surface area contributed by atoms with Gasteiger partial charge in [0.1, 0.15) is 0 Å². The fourth-order valence-electron chi connectivity index (χ4n) is 2.28. The first kappa shape index (κ1) is 15.3. The topological polar surface area (TPSA) is 53.6 Å². The Morgan fingerprint density at radius 2 is 2.40 bits per heavy atom. The quantitative estimate of drug-likeness (QED) is 0.842. The molecule has 1 aromatic heterocycles. The maximum absolute atomic E-state index is 11.8. The van der Waals surface area contributed by atoms with Crippen LogP contribution in [-0.4, -0.2) is 50.8 Å². The number of hydrogen-bond acceptors (Lipinski definition) is 4. The van der Waals surface area contributed by atoms with Gasteiger partial charge in [0, 0.05) is 24.6 Å². The van der Waals surface area contributed by atoms with Gasteiger partial charge in [0.25, 0.3) is 0 Å². The lowest BCUT2D eigenvalue weighted by molar-refractivity contribution is 0.111. The Morgan fingerprint density at radius 3 is 3.00 bits per heavy atom. The summed E-state index contributed by atoms with van der Waals surface area (Å²) in [6.45, 7) is 2.01. The molecule has 1 fully saturated rings. The molecule has 0 aromatic carbocycles. The van der Waals surface area contributed by atoms with E-state index in [1.807, 2.05) is 20.2 Å². The van der Waals surface area contributed by atoms with Gasteiger partial charge in [-0.05, 0) is 38.4 Å². The molecule has 2 atom stereocenters. The molecule has 6 heteroatoms. The number of nitrogens with zero attached hydrogens (tertiary/aromatic N) is 1. The van der Waals surface area contributed by atoms with Gasteiger partial charge in [-0.15, -0.1) is 11.3 Å². The second-order valence-corrected chi connectivity index (χ2v) is 6.20. The summed E-state index contributed by atoms with van der Waals surface area (Å²) in [7, 11) is 4.05. The highest BCUT2D eigenvalue weighted by Gasteiger charge is 2.18. The molecule has 1 aromatic rings.